The van der Waals surface area contributed by atoms with Crippen LogP contribution in [0.15, 0.2) is 10.7 Å². The van der Waals surface area contributed by atoms with Crippen LogP contribution in [-0.4, -0.2) is 22.5 Å². The molecule has 0 saturated carbocycles. The Hall–Kier alpha value is -0.420. The standard InChI is InChI=1S/C11H16BrN3S/c1-7-9(13)6-15-11(10(7)12)14-5-8-3-2-4-16-8/h6,8H,2-5,13H2,1H3,(H,14,15). The third-order valence-electron chi connectivity index (χ3n) is 2.82. The molecule has 0 aromatic carbocycles. The van der Waals surface area contributed by atoms with E-state index in [4.69, 9.17) is 5.73 Å². The highest BCUT2D eigenvalue weighted by Crippen LogP contribution is 2.30. The predicted octanol–water partition coefficient (Wildman–Crippen LogP) is 3.04. The molecule has 2 rings (SSSR count). The first-order chi connectivity index (χ1) is 7.68. The Labute approximate surface area is 109 Å². The first-order valence-electron chi connectivity index (χ1n) is 5.44. The SMILES string of the molecule is Cc1c(N)cnc(NCC2CCCS2)c1Br. The molecule has 1 fully saturated rings. The third-order valence-corrected chi connectivity index (χ3v) is 5.19. The van der Waals surface area contributed by atoms with Crippen LogP contribution < -0.4 is 11.1 Å². The number of nitrogen functional groups attached to an aromatic ring is 1. The topological polar surface area (TPSA) is 50.9 Å². The highest BCUT2D eigenvalue weighted by Gasteiger charge is 2.16. The van der Waals surface area contributed by atoms with E-state index in [1.54, 1.807) is 6.20 Å². The van der Waals surface area contributed by atoms with E-state index in [1.165, 1.54) is 18.6 Å². The van der Waals surface area contributed by atoms with Gasteiger partial charge in [-0.3, -0.25) is 0 Å². The lowest BCUT2D eigenvalue weighted by Crippen LogP contribution is -2.15. The maximum absolute atomic E-state index is 5.78. The number of hydrogen-bond donors (Lipinski definition) is 2. The molecule has 1 saturated heterocycles. The summed E-state index contributed by atoms with van der Waals surface area (Å²) in [5, 5.41) is 4.12. The van der Waals surface area contributed by atoms with Gasteiger partial charge in [0.25, 0.3) is 0 Å². The number of nitrogens with zero attached hydrogens (tertiary/aromatic N) is 1. The number of halogens is 1. The van der Waals surface area contributed by atoms with Crippen LogP contribution in [0.25, 0.3) is 0 Å². The Morgan fingerprint density at radius 3 is 3.19 bits per heavy atom. The van der Waals surface area contributed by atoms with Gasteiger partial charge in [0.05, 0.1) is 16.4 Å². The molecule has 1 unspecified atom stereocenters. The van der Waals surface area contributed by atoms with Gasteiger partial charge in [-0.1, -0.05) is 0 Å². The van der Waals surface area contributed by atoms with Crippen LogP contribution in [0.5, 0.6) is 0 Å². The minimum Gasteiger partial charge on any atom is -0.397 e. The van der Waals surface area contributed by atoms with E-state index in [9.17, 15) is 0 Å². The minimum atomic E-state index is 0.728. The van der Waals surface area contributed by atoms with E-state index in [0.717, 1.165) is 33.3 Å². The molecule has 0 radical (unpaired) electrons. The molecule has 1 atom stereocenters. The first kappa shape index (κ1) is 12.0. The van der Waals surface area contributed by atoms with Crippen molar-refractivity contribution in [3.63, 3.8) is 0 Å². The normalized spacial score (nSPS) is 20.0. The van der Waals surface area contributed by atoms with Crippen LogP contribution in [0.2, 0.25) is 0 Å². The van der Waals surface area contributed by atoms with Gasteiger partial charge in [0, 0.05) is 11.8 Å². The molecule has 1 aliphatic rings. The molecule has 3 nitrogen and oxygen atoms in total. The summed E-state index contributed by atoms with van der Waals surface area (Å²) >= 11 is 5.57. The molecule has 16 heavy (non-hydrogen) atoms. The lowest BCUT2D eigenvalue weighted by molar-refractivity contribution is 0.803. The lowest BCUT2D eigenvalue weighted by atomic mass is 10.2. The van der Waals surface area contributed by atoms with E-state index < -0.39 is 0 Å². The van der Waals surface area contributed by atoms with Crippen molar-refractivity contribution in [3.05, 3.63) is 16.2 Å². The predicted molar refractivity (Wildman–Crippen MR) is 75.1 cm³/mol. The maximum atomic E-state index is 5.78. The summed E-state index contributed by atoms with van der Waals surface area (Å²) in [6, 6.07) is 0. The first-order valence-corrected chi connectivity index (χ1v) is 7.28. The third kappa shape index (κ3) is 2.63. The second-order valence-electron chi connectivity index (χ2n) is 4.02. The van der Waals surface area contributed by atoms with Crippen molar-refractivity contribution >= 4 is 39.2 Å². The van der Waals surface area contributed by atoms with Crippen molar-refractivity contribution in [1.82, 2.24) is 4.98 Å². The van der Waals surface area contributed by atoms with E-state index in [0.29, 0.717) is 0 Å². The van der Waals surface area contributed by atoms with E-state index >= 15 is 0 Å². The van der Waals surface area contributed by atoms with Crippen molar-refractivity contribution in [2.75, 3.05) is 23.3 Å². The highest BCUT2D eigenvalue weighted by atomic mass is 79.9. The molecule has 88 valence electrons. The Morgan fingerprint density at radius 2 is 2.50 bits per heavy atom. The van der Waals surface area contributed by atoms with Gasteiger partial charge < -0.3 is 11.1 Å². The molecule has 1 aromatic rings. The van der Waals surface area contributed by atoms with Crippen molar-refractivity contribution in [2.45, 2.75) is 25.0 Å². The molecule has 0 bridgehead atoms. The molecule has 2 heterocycles. The van der Waals surface area contributed by atoms with Crippen LogP contribution in [-0.2, 0) is 0 Å². The van der Waals surface area contributed by atoms with Crippen LogP contribution in [0, 0.1) is 6.92 Å². The number of pyridine rings is 1. The number of nitrogens with two attached hydrogens (primary N) is 1. The Morgan fingerprint density at radius 1 is 1.69 bits per heavy atom. The number of thioether (sulfide) groups is 1. The minimum absolute atomic E-state index is 0.728. The molecule has 0 aliphatic carbocycles. The van der Waals surface area contributed by atoms with Crippen LogP contribution in [0.3, 0.4) is 0 Å². The van der Waals surface area contributed by atoms with Crippen LogP contribution in [0.1, 0.15) is 18.4 Å². The molecular formula is C11H16BrN3S. The largest absolute Gasteiger partial charge is 0.397 e. The fourth-order valence-electron chi connectivity index (χ4n) is 1.73. The van der Waals surface area contributed by atoms with Crippen molar-refractivity contribution in [1.29, 1.82) is 0 Å². The van der Waals surface area contributed by atoms with E-state index in [2.05, 4.69) is 26.2 Å². The number of hydrogen-bond acceptors (Lipinski definition) is 4. The van der Waals surface area contributed by atoms with Gasteiger partial charge >= 0.3 is 0 Å². The highest BCUT2D eigenvalue weighted by molar-refractivity contribution is 9.10. The summed E-state index contributed by atoms with van der Waals surface area (Å²) < 4.78 is 0.982. The zero-order valence-corrected chi connectivity index (χ0v) is 11.7. The van der Waals surface area contributed by atoms with Crippen molar-refractivity contribution < 1.29 is 0 Å². The molecule has 0 spiro atoms. The van der Waals surface area contributed by atoms with Crippen LogP contribution >= 0.6 is 27.7 Å². The fraction of sp³-hybridized carbons (Fsp3) is 0.545. The smallest absolute Gasteiger partial charge is 0.140 e. The van der Waals surface area contributed by atoms with Gasteiger partial charge in [0.15, 0.2) is 0 Å². The second kappa shape index (κ2) is 5.27. The summed E-state index contributed by atoms with van der Waals surface area (Å²) in [6.07, 6.45) is 4.36. The zero-order chi connectivity index (χ0) is 11.5. The Kier molecular flexibility index (Phi) is 3.97. The maximum Gasteiger partial charge on any atom is 0.140 e. The van der Waals surface area contributed by atoms with Crippen LogP contribution in [0.4, 0.5) is 11.5 Å². The Balaban J connectivity index is 2.01. The fourth-order valence-corrected chi connectivity index (χ4v) is 3.40. The Bertz CT molecular complexity index is 378. The molecular weight excluding hydrogens is 286 g/mol. The van der Waals surface area contributed by atoms with E-state index in [1.807, 2.05) is 18.7 Å². The molecule has 0 amide bonds. The number of anilines is 2. The average Bonchev–Trinajstić information content (AvgIpc) is 2.78. The van der Waals surface area contributed by atoms with Crippen molar-refractivity contribution in [2.24, 2.45) is 0 Å². The second-order valence-corrected chi connectivity index (χ2v) is 6.22. The summed E-state index contributed by atoms with van der Waals surface area (Å²) in [7, 11) is 0. The average molecular weight is 302 g/mol. The van der Waals surface area contributed by atoms with E-state index in [-0.39, 0.29) is 0 Å². The molecule has 5 heteroatoms. The summed E-state index contributed by atoms with van der Waals surface area (Å²) in [4.78, 5) is 4.31. The number of aromatic nitrogens is 1. The summed E-state index contributed by atoms with van der Waals surface area (Å²) in [6.45, 7) is 2.98. The number of nitrogens with one attached hydrogen (secondary N) is 1. The molecule has 1 aliphatic heterocycles. The van der Waals surface area contributed by atoms with Gasteiger partial charge in [-0.25, -0.2) is 4.98 Å². The quantitative estimate of drug-likeness (QED) is 0.901. The molecule has 1 aromatic heterocycles. The van der Waals surface area contributed by atoms with Gasteiger partial charge in [0.1, 0.15) is 5.82 Å². The monoisotopic (exact) mass is 301 g/mol. The summed E-state index contributed by atoms with van der Waals surface area (Å²) in [5.74, 6) is 2.20. The van der Waals surface area contributed by atoms with Gasteiger partial charge in [-0.2, -0.15) is 11.8 Å². The summed E-state index contributed by atoms with van der Waals surface area (Å²) in [5.41, 5.74) is 7.57. The van der Waals surface area contributed by atoms with Gasteiger partial charge in [-0.15, -0.1) is 0 Å². The lowest BCUT2D eigenvalue weighted by Gasteiger charge is -2.13. The van der Waals surface area contributed by atoms with Crippen molar-refractivity contribution in [3.8, 4) is 0 Å². The number of rotatable bonds is 3. The zero-order valence-electron chi connectivity index (χ0n) is 9.29. The molecule has 3 N–H and O–H groups in total. The van der Waals surface area contributed by atoms with Gasteiger partial charge in [-0.05, 0) is 47.0 Å². The van der Waals surface area contributed by atoms with Gasteiger partial charge in [0.2, 0.25) is 0 Å².